The van der Waals surface area contributed by atoms with E-state index in [1.54, 1.807) is 0 Å². The average molecular weight is 296 g/mol. The van der Waals surface area contributed by atoms with E-state index in [9.17, 15) is 0 Å². The second kappa shape index (κ2) is 9.12. The molecule has 1 N–H and O–H groups in total. The fourth-order valence-corrected chi connectivity index (χ4v) is 4.06. The van der Waals surface area contributed by atoms with Crippen LogP contribution in [0.3, 0.4) is 0 Å². The van der Waals surface area contributed by atoms with Gasteiger partial charge in [0, 0.05) is 31.2 Å². The lowest BCUT2D eigenvalue weighted by Crippen LogP contribution is -2.58. The third kappa shape index (κ3) is 5.22. The maximum Gasteiger partial charge on any atom is 0.0223 e. The second-order valence-electron chi connectivity index (χ2n) is 7.19. The Morgan fingerprint density at radius 1 is 1.19 bits per heavy atom. The van der Waals surface area contributed by atoms with Gasteiger partial charge in [0.15, 0.2) is 0 Å². The molecule has 0 amide bonds. The number of hydrogen-bond acceptors (Lipinski definition) is 3. The van der Waals surface area contributed by atoms with Gasteiger partial charge in [0.1, 0.15) is 0 Å². The predicted molar refractivity (Wildman–Crippen MR) is 91.9 cm³/mol. The van der Waals surface area contributed by atoms with Crippen LogP contribution in [-0.4, -0.2) is 60.6 Å². The molecule has 0 aromatic rings. The molecule has 0 aliphatic carbocycles. The summed E-state index contributed by atoms with van der Waals surface area (Å²) in [5.74, 6) is 0. The lowest BCUT2D eigenvalue weighted by Gasteiger charge is -2.47. The Hall–Kier alpha value is -0.120. The van der Waals surface area contributed by atoms with E-state index in [0.717, 1.165) is 18.1 Å². The Kier molecular flexibility index (Phi) is 7.48. The monoisotopic (exact) mass is 295 g/mol. The molecule has 0 saturated carbocycles. The first-order valence-corrected chi connectivity index (χ1v) is 9.46. The molecular weight excluding hydrogens is 258 g/mol. The number of hydrogen-bond donors (Lipinski definition) is 1. The zero-order chi connectivity index (χ0) is 15.1. The highest BCUT2D eigenvalue weighted by molar-refractivity contribution is 4.89. The molecule has 3 nitrogen and oxygen atoms in total. The van der Waals surface area contributed by atoms with E-state index in [1.165, 1.54) is 77.7 Å². The molecule has 2 aliphatic heterocycles. The lowest BCUT2D eigenvalue weighted by atomic mass is 9.96. The van der Waals surface area contributed by atoms with Crippen molar-refractivity contribution in [3.63, 3.8) is 0 Å². The molecule has 3 heteroatoms. The van der Waals surface area contributed by atoms with Gasteiger partial charge in [0.05, 0.1) is 0 Å². The highest BCUT2D eigenvalue weighted by Gasteiger charge is 2.32. The second-order valence-corrected chi connectivity index (χ2v) is 7.19. The molecule has 0 radical (unpaired) electrons. The van der Waals surface area contributed by atoms with Crippen molar-refractivity contribution >= 4 is 0 Å². The molecule has 0 bridgehead atoms. The molecule has 21 heavy (non-hydrogen) atoms. The first-order chi connectivity index (χ1) is 10.2. The highest BCUT2D eigenvalue weighted by Crippen LogP contribution is 2.24. The summed E-state index contributed by atoms with van der Waals surface area (Å²) in [4.78, 5) is 5.52. The normalized spacial score (nSPS) is 29.3. The summed E-state index contributed by atoms with van der Waals surface area (Å²) in [6.45, 7) is 13.4. The molecule has 124 valence electrons. The third-order valence-corrected chi connectivity index (χ3v) is 5.49. The van der Waals surface area contributed by atoms with Crippen LogP contribution < -0.4 is 5.32 Å². The summed E-state index contributed by atoms with van der Waals surface area (Å²) in [6, 6.07) is 2.34. The zero-order valence-electron chi connectivity index (χ0n) is 14.6. The van der Waals surface area contributed by atoms with Crippen LogP contribution in [-0.2, 0) is 0 Å². The topological polar surface area (TPSA) is 18.5 Å². The number of fused-ring (bicyclic) bond motifs is 1. The molecule has 2 heterocycles. The van der Waals surface area contributed by atoms with Crippen molar-refractivity contribution in [2.24, 2.45) is 0 Å². The van der Waals surface area contributed by atoms with E-state index in [2.05, 4.69) is 35.9 Å². The Morgan fingerprint density at radius 3 is 2.81 bits per heavy atom. The van der Waals surface area contributed by atoms with Crippen molar-refractivity contribution in [1.82, 2.24) is 15.1 Å². The first kappa shape index (κ1) is 17.2. The van der Waals surface area contributed by atoms with Gasteiger partial charge in [0.2, 0.25) is 0 Å². The highest BCUT2D eigenvalue weighted by atomic mass is 15.3. The Bertz CT molecular complexity index is 282. The van der Waals surface area contributed by atoms with Crippen LogP contribution >= 0.6 is 0 Å². The lowest BCUT2D eigenvalue weighted by molar-refractivity contribution is 0.0143. The van der Waals surface area contributed by atoms with Crippen LogP contribution in [0.1, 0.15) is 65.7 Å². The van der Waals surface area contributed by atoms with Crippen LogP contribution in [0.15, 0.2) is 0 Å². The summed E-state index contributed by atoms with van der Waals surface area (Å²) < 4.78 is 0. The van der Waals surface area contributed by atoms with Crippen LogP contribution in [0.2, 0.25) is 0 Å². The summed E-state index contributed by atoms with van der Waals surface area (Å²) in [7, 11) is 0. The van der Waals surface area contributed by atoms with Gasteiger partial charge in [-0.15, -0.1) is 0 Å². The number of piperidine rings is 1. The van der Waals surface area contributed by atoms with Crippen molar-refractivity contribution < 1.29 is 0 Å². The SMILES string of the molecule is CCCNC(CC)CCCN1CC2CCCCN2CC1C. The van der Waals surface area contributed by atoms with E-state index < -0.39 is 0 Å². The smallest absolute Gasteiger partial charge is 0.0223 e. The fraction of sp³-hybridized carbons (Fsp3) is 1.00. The average Bonchev–Trinajstić information content (AvgIpc) is 2.51. The van der Waals surface area contributed by atoms with Gasteiger partial charge < -0.3 is 5.32 Å². The van der Waals surface area contributed by atoms with E-state index >= 15 is 0 Å². The summed E-state index contributed by atoms with van der Waals surface area (Å²) in [6.07, 6.45) is 9.51. The third-order valence-electron chi connectivity index (χ3n) is 5.49. The van der Waals surface area contributed by atoms with Gasteiger partial charge in [-0.2, -0.15) is 0 Å². The van der Waals surface area contributed by atoms with Gasteiger partial charge >= 0.3 is 0 Å². The quantitative estimate of drug-likeness (QED) is 0.742. The van der Waals surface area contributed by atoms with Gasteiger partial charge in [-0.1, -0.05) is 20.3 Å². The maximum absolute atomic E-state index is 3.69. The molecule has 2 rings (SSSR count). The molecular formula is C18H37N3. The number of nitrogens with zero attached hydrogens (tertiary/aromatic N) is 2. The molecule has 0 aromatic heterocycles. The van der Waals surface area contributed by atoms with E-state index in [-0.39, 0.29) is 0 Å². The summed E-state index contributed by atoms with van der Waals surface area (Å²) >= 11 is 0. The van der Waals surface area contributed by atoms with Crippen molar-refractivity contribution in [3.8, 4) is 0 Å². The van der Waals surface area contributed by atoms with Crippen LogP contribution in [0.5, 0.6) is 0 Å². The maximum atomic E-state index is 3.69. The molecule has 2 saturated heterocycles. The van der Waals surface area contributed by atoms with E-state index in [1.807, 2.05) is 0 Å². The van der Waals surface area contributed by atoms with Crippen molar-refractivity contribution in [2.75, 3.05) is 32.7 Å². The fourth-order valence-electron chi connectivity index (χ4n) is 4.06. The van der Waals surface area contributed by atoms with Gasteiger partial charge in [0.25, 0.3) is 0 Å². The van der Waals surface area contributed by atoms with E-state index in [4.69, 9.17) is 0 Å². The van der Waals surface area contributed by atoms with Gasteiger partial charge in [-0.05, 0) is 65.1 Å². The Morgan fingerprint density at radius 2 is 2.05 bits per heavy atom. The zero-order valence-corrected chi connectivity index (χ0v) is 14.6. The Labute approximate surface area is 132 Å². The number of piperazine rings is 1. The minimum atomic E-state index is 0.733. The molecule has 2 aliphatic rings. The van der Waals surface area contributed by atoms with E-state index in [0.29, 0.717) is 0 Å². The number of rotatable bonds is 8. The molecule has 0 spiro atoms. The van der Waals surface area contributed by atoms with Crippen molar-refractivity contribution in [2.45, 2.75) is 83.8 Å². The number of nitrogens with one attached hydrogen (secondary N) is 1. The van der Waals surface area contributed by atoms with Crippen molar-refractivity contribution in [3.05, 3.63) is 0 Å². The summed E-state index contributed by atoms with van der Waals surface area (Å²) in [5, 5.41) is 3.69. The summed E-state index contributed by atoms with van der Waals surface area (Å²) in [5.41, 5.74) is 0. The minimum absolute atomic E-state index is 0.733. The molecule has 2 fully saturated rings. The molecule has 3 atom stereocenters. The van der Waals surface area contributed by atoms with Crippen molar-refractivity contribution in [1.29, 1.82) is 0 Å². The molecule has 3 unspecified atom stereocenters. The van der Waals surface area contributed by atoms with Gasteiger partial charge in [-0.3, -0.25) is 9.80 Å². The predicted octanol–water partition coefficient (Wildman–Crippen LogP) is 3.10. The first-order valence-electron chi connectivity index (χ1n) is 9.46. The largest absolute Gasteiger partial charge is 0.314 e. The van der Waals surface area contributed by atoms with Crippen LogP contribution in [0.25, 0.3) is 0 Å². The van der Waals surface area contributed by atoms with Crippen LogP contribution in [0.4, 0.5) is 0 Å². The minimum Gasteiger partial charge on any atom is -0.314 e. The molecule has 0 aromatic carbocycles. The van der Waals surface area contributed by atoms with Gasteiger partial charge in [-0.25, -0.2) is 0 Å². The van der Waals surface area contributed by atoms with Crippen LogP contribution in [0, 0.1) is 0 Å². The Balaban J connectivity index is 1.69. The standard InChI is InChI=1S/C18H37N3/c1-4-11-19-17(5-2)9-8-13-20-15-18-10-6-7-12-21(18)14-16(20)3/h16-19H,4-15H2,1-3H3.